The molecule has 1 fully saturated rings. The van der Waals surface area contributed by atoms with Gasteiger partial charge in [0.15, 0.2) is 0 Å². The van der Waals surface area contributed by atoms with Crippen molar-refractivity contribution in [3.05, 3.63) is 76.0 Å². The lowest BCUT2D eigenvalue weighted by molar-refractivity contribution is -0.122. The number of H-pyrrole nitrogens is 1. The van der Waals surface area contributed by atoms with Crippen LogP contribution in [0, 0.1) is 5.92 Å². The smallest absolute Gasteiger partial charge is 0.290 e. The normalized spacial score (nSPS) is 19.5. The molecule has 5 heterocycles. The first-order valence-electron chi connectivity index (χ1n) is 11.0. The fourth-order valence-electron chi connectivity index (χ4n) is 4.99. The molecule has 174 valence electrons. The van der Waals surface area contributed by atoms with E-state index in [1.165, 1.54) is 5.69 Å². The fraction of sp³-hybridized carbons (Fsp3) is 0.435. The van der Waals surface area contributed by atoms with Crippen LogP contribution in [0.5, 0.6) is 0 Å². The standard InChI is InChI=1S/C22H27N7O.CH2O2/c1-27(14-19-4-5-25-26-19)12-17-2-3-21-18-8-16(11-29(21)22(17)30)10-28(13-18)15-20-9-23-6-7-24-20;2-1-3/h2-7,9,16,18H,8,10-15H2,1H3,(H,25,26);1H,(H,2,3)/t16-,18+;/m0./s1. The molecule has 10 heteroatoms. The zero-order valence-corrected chi connectivity index (χ0v) is 18.7. The quantitative estimate of drug-likeness (QED) is 0.539. The molecule has 1 saturated heterocycles. The number of piperidine rings is 1. The van der Waals surface area contributed by atoms with Crippen LogP contribution in [0.3, 0.4) is 0 Å². The van der Waals surface area contributed by atoms with Crippen molar-refractivity contribution in [1.82, 2.24) is 34.5 Å². The van der Waals surface area contributed by atoms with Crippen molar-refractivity contribution < 1.29 is 9.90 Å². The maximum absolute atomic E-state index is 13.2. The molecule has 5 rings (SSSR count). The van der Waals surface area contributed by atoms with E-state index < -0.39 is 0 Å². The van der Waals surface area contributed by atoms with Gasteiger partial charge < -0.3 is 9.67 Å². The molecule has 0 radical (unpaired) electrons. The van der Waals surface area contributed by atoms with E-state index in [2.05, 4.69) is 36.0 Å². The Morgan fingerprint density at radius 3 is 2.76 bits per heavy atom. The number of pyridine rings is 1. The fourth-order valence-corrected chi connectivity index (χ4v) is 4.99. The first-order chi connectivity index (χ1) is 16.1. The molecule has 0 aliphatic carbocycles. The zero-order chi connectivity index (χ0) is 23.2. The number of aromatic nitrogens is 5. The van der Waals surface area contributed by atoms with Gasteiger partial charge in [-0.05, 0) is 31.5 Å². The van der Waals surface area contributed by atoms with Gasteiger partial charge in [-0.2, -0.15) is 5.10 Å². The van der Waals surface area contributed by atoms with Gasteiger partial charge in [-0.15, -0.1) is 0 Å². The predicted octanol–water partition coefficient (Wildman–Crippen LogP) is 1.31. The highest BCUT2D eigenvalue weighted by molar-refractivity contribution is 5.32. The highest BCUT2D eigenvalue weighted by atomic mass is 16.3. The van der Waals surface area contributed by atoms with Gasteiger partial charge in [-0.25, -0.2) is 0 Å². The molecular weight excluding hydrogens is 422 g/mol. The minimum absolute atomic E-state index is 0.168. The van der Waals surface area contributed by atoms with Crippen molar-refractivity contribution in [1.29, 1.82) is 0 Å². The number of hydrogen-bond donors (Lipinski definition) is 2. The van der Waals surface area contributed by atoms with Crippen LogP contribution >= 0.6 is 0 Å². The summed E-state index contributed by atoms with van der Waals surface area (Å²) < 4.78 is 2.04. The van der Waals surface area contributed by atoms with Crippen molar-refractivity contribution in [3.63, 3.8) is 0 Å². The molecular formula is C23H29N7O3. The van der Waals surface area contributed by atoms with Gasteiger partial charge in [0.1, 0.15) is 0 Å². The van der Waals surface area contributed by atoms with Gasteiger partial charge in [0.25, 0.3) is 12.0 Å². The third-order valence-corrected chi connectivity index (χ3v) is 6.20. The summed E-state index contributed by atoms with van der Waals surface area (Å²) in [4.78, 5) is 34.8. The van der Waals surface area contributed by atoms with Crippen LogP contribution in [0.2, 0.25) is 0 Å². The number of aromatic amines is 1. The molecule has 2 N–H and O–H groups in total. The van der Waals surface area contributed by atoms with Gasteiger partial charge in [0.2, 0.25) is 0 Å². The van der Waals surface area contributed by atoms with Crippen LogP contribution in [-0.4, -0.2) is 66.2 Å². The SMILES string of the molecule is CN(Cc1ccn[nH]1)Cc1ccc2n(c1=O)C[C@H]1C[C@@H]2CN(Cc2cnccn2)C1.O=CO. The average Bonchev–Trinajstić information content (AvgIpc) is 3.30. The Bertz CT molecular complexity index is 1100. The van der Waals surface area contributed by atoms with Crippen LogP contribution in [0.15, 0.2) is 47.8 Å². The average molecular weight is 452 g/mol. The lowest BCUT2D eigenvalue weighted by Gasteiger charge is -2.42. The van der Waals surface area contributed by atoms with Crippen LogP contribution in [-0.2, 0) is 31.0 Å². The van der Waals surface area contributed by atoms with Crippen LogP contribution in [0.25, 0.3) is 0 Å². The summed E-state index contributed by atoms with van der Waals surface area (Å²) in [6.45, 7) is 4.71. The highest BCUT2D eigenvalue weighted by Gasteiger charge is 2.35. The highest BCUT2D eigenvalue weighted by Crippen LogP contribution is 2.35. The summed E-state index contributed by atoms with van der Waals surface area (Å²) in [6.07, 6.45) is 8.22. The third-order valence-electron chi connectivity index (χ3n) is 6.20. The number of carboxylic acid groups (broad SMARTS) is 1. The number of fused-ring (bicyclic) bond motifs is 4. The van der Waals surface area contributed by atoms with Gasteiger partial charge in [-0.1, -0.05) is 6.07 Å². The number of nitrogens with zero attached hydrogens (tertiary/aromatic N) is 6. The van der Waals surface area contributed by atoms with Crippen LogP contribution < -0.4 is 5.56 Å². The van der Waals surface area contributed by atoms with E-state index in [1.54, 1.807) is 18.6 Å². The molecule has 0 amide bonds. The Labute approximate surface area is 191 Å². The van der Waals surface area contributed by atoms with Gasteiger partial charge in [0.05, 0.1) is 5.69 Å². The second kappa shape index (κ2) is 10.5. The van der Waals surface area contributed by atoms with Crippen molar-refractivity contribution >= 4 is 6.47 Å². The van der Waals surface area contributed by atoms with Crippen molar-refractivity contribution in [2.75, 3.05) is 20.1 Å². The Balaban J connectivity index is 0.000000821. The molecule has 33 heavy (non-hydrogen) atoms. The second-order valence-electron chi connectivity index (χ2n) is 8.75. The number of rotatable bonds is 6. The zero-order valence-electron chi connectivity index (χ0n) is 18.7. The van der Waals surface area contributed by atoms with E-state index in [0.29, 0.717) is 18.4 Å². The molecule has 2 atom stereocenters. The Kier molecular flexibility index (Phi) is 7.26. The summed E-state index contributed by atoms with van der Waals surface area (Å²) >= 11 is 0. The molecule has 3 aromatic rings. The Hall–Kier alpha value is -3.37. The number of hydrogen-bond acceptors (Lipinski definition) is 7. The Morgan fingerprint density at radius 1 is 1.18 bits per heavy atom. The second-order valence-corrected chi connectivity index (χ2v) is 8.75. The van der Waals surface area contributed by atoms with E-state index in [1.807, 2.05) is 29.9 Å². The monoisotopic (exact) mass is 451 g/mol. The van der Waals surface area contributed by atoms with Crippen molar-refractivity contribution in [2.45, 2.75) is 38.5 Å². The lowest BCUT2D eigenvalue weighted by Crippen LogP contribution is -2.47. The third kappa shape index (κ3) is 5.52. The molecule has 2 aliphatic rings. The molecule has 0 aromatic carbocycles. The van der Waals surface area contributed by atoms with E-state index in [9.17, 15) is 4.79 Å². The molecule has 2 bridgehead atoms. The van der Waals surface area contributed by atoms with E-state index in [0.717, 1.165) is 56.1 Å². The summed E-state index contributed by atoms with van der Waals surface area (Å²) in [5.41, 5.74) is 4.26. The minimum Gasteiger partial charge on any atom is -0.483 e. The van der Waals surface area contributed by atoms with Crippen molar-refractivity contribution in [2.24, 2.45) is 5.92 Å². The number of likely N-dealkylation sites (tertiary alicyclic amines) is 1. The maximum atomic E-state index is 13.2. The number of carbonyl (C=O) groups is 1. The molecule has 0 saturated carbocycles. The van der Waals surface area contributed by atoms with Gasteiger partial charge in [0, 0.05) is 86.9 Å². The first kappa shape index (κ1) is 22.8. The molecule has 0 spiro atoms. The van der Waals surface area contributed by atoms with E-state index in [-0.39, 0.29) is 12.0 Å². The summed E-state index contributed by atoms with van der Waals surface area (Å²) in [5, 5.41) is 13.9. The molecule has 10 nitrogen and oxygen atoms in total. The lowest BCUT2D eigenvalue weighted by atomic mass is 9.83. The topological polar surface area (TPSA) is 120 Å². The van der Waals surface area contributed by atoms with Crippen LogP contribution in [0.4, 0.5) is 0 Å². The maximum Gasteiger partial charge on any atom is 0.290 e. The Morgan fingerprint density at radius 2 is 2.03 bits per heavy atom. The number of nitrogens with one attached hydrogen (secondary N) is 1. The van der Waals surface area contributed by atoms with Gasteiger partial charge >= 0.3 is 0 Å². The molecule has 3 aromatic heterocycles. The van der Waals surface area contributed by atoms with Crippen LogP contribution in [0.1, 0.15) is 35.0 Å². The summed E-state index contributed by atoms with van der Waals surface area (Å²) in [7, 11) is 2.03. The first-order valence-corrected chi connectivity index (χ1v) is 11.0. The van der Waals surface area contributed by atoms with Gasteiger partial charge in [-0.3, -0.25) is 34.5 Å². The van der Waals surface area contributed by atoms with E-state index >= 15 is 0 Å². The summed E-state index contributed by atoms with van der Waals surface area (Å²) in [5.74, 6) is 0.905. The minimum atomic E-state index is -0.250. The molecule has 2 aliphatic heterocycles. The van der Waals surface area contributed by atoms with Crippen molar-refractivity contribution in [3.8, 4) is 0 Å². The largest absolute Gasteiger partial charge is 0.483 e. The molecule has 0 unspecified atom stereocenters. The summed E-state index contributed by atoms with van der Waals surface area (Å²) in [6, 6.07) is 6.16. The predicted molar refractivity (Wildman–Crippen MR) is 121 cm³/mol. The van der Waals surface area contributed by atoms with E-state index in [4.69, 9.17) is 9.90 Å².